The highest BCUT2D eigenvalue weighted by Crippen LogP contribution is 2.31. The van der Waals surface area contributed by atoms with Crippen LogP contribution in [0, 0.1) is 0 Å². The zero-order valence-corrected chi connectivity index (χ0v) is 10.0. The van der Waals surface area contributed by atoms with E-state index in [4.69, 9.17) is 16.0 Å². The molecule has 2 nitrogen and oxygen atoms in total. The van der Waals surface area contributed by atoms with Gasteiger partial charge in [0.25, 0.3) is 0 Å². The highest BCUT2D eigenvalue weighted by Gasteiger charge is 2.14. The molecule has 0 spiro atoms. The van der Waals surface area contributed by atoms with E-state index in [9.17, 15) is 4.79 Å². The second-order valence-electron chi connectivity index (χ2n) is 4.11. The summed E-state index contributed by atoms with van der Waals surface area (Å²) in [5, 5.41) is 1.59. The van der Waals surface area contributed by atoms with Crippen LogP contribution in [-0.4, -0.2) is 5.78 Å². The molecule has 2 rings (SSSR count). The van der Waals surface area contributed by atoms with E-state index in [0.29, 0.717) is 17.0 Å². The molecule has 1 aromatic carbocycles. The van der Waals surface area contributed by atoms with Crippen molar-refractivity contribution in [2.24, 2.45) is 0 Å². The molecular formula is C13H13ClO2. The number of carbonyl (C=O) groups is 1. The van der Waals surface area contributed by atoms with Crippen LogP contribution in [0.3, 0.4) is 0 Å². The van der Waals surface area contributed by atoms with Gasteiger partial charge in [-0.15, -0.1) is 0 Å². The quantitative estimate of drug-likeness (QED) is 0.801. The van der Waals surface area contributed by atoms with Crippen LogP contribution in [0.4, 0.5) is 0 Å². The summed E-state index contributed by atoms with van der Waals surface area (Å²) in [5.74, 6) is 1.08. The van der Waals surface area contributed by atoms with Crippen LogP contribution < -0.4 is 0 Å². The summed E-state index contributed by atoms with van der Waals surface area (Å²) >= 11 is 6.02. The zero-order valence-electron chi connectivity index (χ0n) is 9.29. The lowest BCUT2D eigenvalue weighted by atomic mass is 10.0. The number of para-hydroxylation sites is 1. The molecule has 1 aromatic heterocycles. The molecule has 16 heavy (non-hydrogen) atoms. The van der Waals surface area contributed by atoms with Gasteiger partial charge in [0.1, 0.15) is 11.5 Å². The van der Waals surface area contributed by atoms with Crippen molar-refractivity contribution >= 4 is 28.4 Å². The minimum absolute atomic E-state index is 0.0981. The van der Waals surface area contributed by atoms with E-state index in [1.165, 1.54) is 0 Å². The lowest BCUT2D eigenvalue weighted by Gasteiger charge is -2.04. The SMILES string of the molecule is CC(=O)CC(C)c1cc2cccc(Cl)c2o1. The van der Waals surface area contributed by atoms with Gasteiger partial charge in [0.15, 0.2) is 5.58 Å². The van der Waals surface area contributed by atoms with E-state index in [1.54, 1.807) is 13.0 Å². The lowest BCUT2D eigenvalue weighted by molar-refractivity contribution is -0.117. The number of benzene rings is 1. The van der Waals surface area contributed by atoms with Crippen molar-refractivity contribution < 1.29 is 9.21 Å². The maximum Gasteiger partial charge on any atom is 0.152 e. The predicted molar refractivity (Wildman–Crippen MR) is 64.9 cm³/mol. The van der Waals surface area contributed by atoms with Crippen molar-refractivity contribution in [3.05, 3.63) is 35.0 Å². The fourth-order valence-corrected chi connectivity index (χ4v) is 2.04. The average molecular weight is 237 g/mol. The summed E-state index contributed by atoms with van der Waals surface area (Å²) in [5.41, 5.74) is 0.703. The van der Waals surface area contributed by atoms with Crippen molar-refractivity contribution in [2.75, 3.05) is 0 Å². The third-order valence-corrected chi connectivity index (χ3v) is 2.89. The Morgan fingerprint density at radius 3 is 2.88 bits per heavy atom. The third kappa shape index (κ3) is 2.12. The predicted octanol–water partition coefficient (Wildman–Crippen LogP) is 4.17. The van der Waals surface area contributed by atoms with E-state index < -0.39 is 0 Å². The van der Waals surface area contributed by atoms with Gasteiger partial charge in [-0.25, -0.2) is 0 Å². The Bertz CT molecular complexity index is 528. The average Bonchev–Trinajstić information content (AvgIpc) is 2.61. The van der Waals surface area contributed by atoms with Crippen LogP contribution >= 0.6 is 11.6 Å². The van der Waals surface area contributed by atoms with Gasteiger partial charge in [-0.3, -0.25) is 0 Å². The monoisotopic (exact) mass is 236 g/mol. The highest BCUT2D eigenvalue weighted by atomic mass is 35.5. The molecule has 2 aromatic rings. The summed E-state index contributed by atoms with van der Waals surface area (Å²) < 4.78 is 5.68. The number of carbonyl (C=O) groups excluding carboxylic acids is 1. The maximum atomic E-state index is 11.0. The maximum absolute atomic E-state index is 11.0. The van der Waals surface area contributed by atoms with Gasteiger partial charge in [-0.2, -0.15) is 0 Å². The van der Waals surface area contributed by atoms with E-state index in [2.05, 4.69) is 0 Å². The number of ketones is 1. The van der Waals surface area contributed by atoms with Gasteiger partial charge in [0, 0.05) is 17.7 Å². The van der Waals surface area contributed by atoms with Crippen LogP contribution in [0.1, 0.15) is 31.9 Å². The molecule has 0 amide bonds. The molecule has 0 aliphatic heterocycles. The molecule has 3 heteroatoms. The standard InChI is InChI=1S/C13H13ClO2/c1-8(6-9(2)15)12-7-10-4-3-5-11(14)13(10)16-12/h3-5,7-8H,6H2,1-2H3. The Morgan fingerprint density at radius 2 is 2.25 bits per heavy atom. The van der Waals surface area contributed by atoms with Crippen molar-refractivity contribution in [1.82, 2.24) is 0 Å². The normalized spacial score (nSPS) is 12.9. The topological polar surface area (TPSA) is 30.2 Å². The number of furan rings is 1. The number of Topliss-reactive ketones (excluding diaryl/α,β-unsaturated/α-hetero) is 1. The molecule has 0 radical (unpaired) electrons. The molecule has 1 atom stereocenters. The molecule has 1 heterocycles. The molecule has 84 valence electrons. The second kappa shape index (κ2) is 4.30. The number of halogens is 1. The molecule has 0 aliphatic carbocycles. The van der Waals surface area contributed by atoms with E-state index in [0.717, 1.165) is 11.1 Å². The molecule has 0 bridgehead atoms. The van der Waals surface area contributed by atoms with Crippen LogP contribution in [-0.2, 0) is 4.79 Å². The summed E-state index contributed by atoms with van der Waals surface area (Å²) in [6.45, 7) is 3.57. The van der Waals surface area contributed by atoms with Gasteiger partial charge >= 0.3 is 0 Å². The Balaban J connectivity index is 2.39. The number of fused-ring (bicyclic) bond motifs is 1. The van der Waals surface area contributed by atoms with Gasteiger partial charge in [0.2, 0.25) is 0 Å². The number of hydrogen-bond donors (Lipinski definition) is 0. The van der Waals surface area contributed by atoms with Gasteiger partial charge in [-0.1, -0.05) is 30.7 Å². The van der Waals surface area contributed by atoms with E-state index in [1.807, 2.05) is 25.1 Å². The second-order valence-corrected chi connectivity index (χ2v) is 4.52. The summed E-state index contributed by atoms with van der Waals surface area (Å²) in [4.78, 5) is 11.0. The Morgan fingerprint density at radius 1 is 1.50 bits per heavy atom. The first-order valence-corrected chi connectivity index (χ1v) is 5.63. The van der Waals surface area contributed by atoms with Gasteiger partial charge < -0.3 is 9.21 Å². The molecule has 0 aliphatic rings. The summed E-state index contributed by atoms with van der Waals surface area (Å²) in [6.07, 6.45) is 0.497. The van der Waals surface area contributed by atoms with Crippen LogP contribution in [0.2, 0.25) is 5.02 Å². The Kier molecular flexibility index (Phi) is 3.01. The highest BCUT2D eigenvalue weighted by molar-refractivity contribution is 6.34. The summed E-state index contributed by atoms with van der Waals surface area (Å²) in [6, 6.07) is 7.59. The number of hydrogen-bond acceptors (Lipinski definition) is 2. The fraction of sp³-hybridized carbons (Fsp3) is 0.308. The van der Waals surface area contributed by atoms with Crippen molar-refractivity contribution in [1.29, 1.82) is 0 Å². The van der Waals surface area contributed by atoms with Gasteiger partial charge in [-0.05, 0) is 19.1 Å². The largest absolute Gasteiger partial charge is 0.459 e. The molecule has 0 saturated heterocycles. The molecule has 1 unspecified atom stereocenters. The molecule has 0 saturated carbocycles. The van der Waals surface area contributed by atoms with Crippen molar-refractivity contribution in [3.8, 4) is 0 Å². The minimum atomic E-state index is 0.0981. The fourth-order valence-electron chi connectivity index (χ4n) is 1.82. The smallest absolute Gasteiger partial charge is 0.152 e. The van der Waals surface area contributed by atoms with E-state index in [-0.39, 0.29) is 11.7 Å². The zero-order chi connectivity index (χ0) is 11.7. The lowest BCUT2D eigenvalue weighted by Crippen LogP contribution is -1.98. The first-order valence-electron chi connectivity index (χ1n) is 5.25. The minimum Gasteiger partial charge on any atom is -0.459 e. The van der Waals surface area contributed by atoms with E-state index >= 15 is 0 Å². The third-order valence-electron chi connectivity index (χ3n) is 2.59. The van der Waals surface area contributed by atoms with Gasteiger partial charge in [0.05, 0.1) is 5.02 Å². The molecule has 0 fully saturated rings. The van der Waals surface area contributed by atoms with Crippen molar-refractivity contribution in [2.45, 2.75) is 26.2 Å². The molecule has 0 N–H and O–H groups in total. The van der Waals surface area contributed by atoms with Crippen LogP contribution in [0.25, 0.3) is 11.0 Å². The van der Waals surface area contributed by atoms with Crippen molar-refractivity contribution in [3.63, 3.8) is 0 Å². The van der Waals surface area contributed by atoms with Crippen LogP contribution in [0.5, 0.6) is 0 Å². The van der Waals surface area contributed by atoms with Crippen LogP contribution in [0.15, 0.2) is 28.7 Å². The molecular weight excluding hydrogens is 224 g/mol. The summed E-state index contributed by atoms with van der Waals surface area (Å²) in [7, 11) is 0. The first kappa shape index (κ1) is 11.2. The number of rotatable bonds is 3. The Labute approximate surface area is 99.2 Å². The Hall–Kier alpha value is -1.28. The first-order chi connectivity index (χ1) is 7.58.